The summed E-state index contributed by atoms with van der Waals surface area (Å²) < 4.78 is 0. The number of hydrogen-bond donors (Lipinski definition) is 1. The number of nitrogens with two attached hydrogens (primary N) is 1. The Morgan fingerprint density at radius 3 is 2.00 bits per heavy atom. The van der Waals surface area contributed by atoms with Gasteiger partial charge in [-0.3, -0.25) is 4.90 Å². The number of likely N-dealkylation sites (N-methyl/N-ethyl adjacent to an activating group) is 2. The monoisotopic (exact) mass is 239 g/mol. The normalized spacial score (nSPS) is 35.8. The molecule has 0 amide bonds. The number of hydrogen-bond acceptors (Lipinski definition) is 3. The summed E-state index contributed by atoms with van der Waals surface area (Å²) >= 11 is 0. The first-order valence-corrected chi connectivity index (χ1v) is 7.03. The Kier molecular flexibility index (Phi) is 3.54. The Bertz CT molecular complexity index is 265. The van der Waals surface area contributed by atoms with Crippen molar-refractivity contribution in [3.05, 3.63) is 0 Å². The summed E-state index contributed by atoms with van der Waals surface area (Å²) in [5.41, 5.74) is 6.76. The van der Waals surface area contributed by atoms with Gasteiger partial charge in [0.25, 0.3) is 0 Å². The van der Waals surface area contributed by atoms with Crippen LogP contribution in [0.3, 0.4) is 0 Å². The third-order valence-electron chi connectivity index (χ3n) is 5.41. The van der Waals surface area contributed by atoms with Crippen LogP contribution in [-0.2, 0) is 0 Å². The second-order valence-electron chi connectivity index (χ2n) is 6.77. The molecule has 0 bridgehead atoms. The van der Waals surface area contributed by atoms with Crippen molar-refractivity contribution in [2.45, 2.75) is 50.1 Å². The van der Waals surface area contributed by atoms with E-state index in [4.69, 9.17) is 5.73 Å². The molecule has 2 saturated carbocycles. The molecule has 2 rings (SSSR count). The Morgan fingerprint density at radius 1 is 1.12 bits per heavy atom. The second kappa shape index (κ2) is 4.52. The van der Waals surface area contributed by atoms with Gasteiger partial charge in [0.1, 0.15) is 0 Å². The maximum Gasteiger partial charge on any atom is 0.0334 e. The lowest BCUT2D eigenvalue weighted by molar-refractivity contribution is -0.0515. The van der Waals surface area contributed by atoms with Crippen molar-refractivity contribution in [1.29, 1.82) is 0 Å². The van der Waals surface area contributed by atoms with Crippen LogP contribution in [0, 0.1) is 5.92 Å². The highest BCUT2D eigenvalue weighted by Crippen LogP contribution is 2.44. The molecular formula is C14H29N3. The number of rotatable bonds is 5. The van der Waals surface area contributed by atoms with E-state index in [0.717, 1.165) is 12.5 Å². The van der Waals surface area contributed by atoms with Crippen LogP contribution in [0.2, 0.25) is 0 Å². The molecule has 0 radical (unpaired) electrons. The van der Waals surface area contributed by atoms with Crippen LogP contribution in [0.25, 0.3) is 0 Å². The van der Waals surface area contributed by atoms with Gasteiger partial charge in [-0.1, -0.05) is 6.92 Å². The van der Waals surface area contributed by atoms with Gasteiger partial charge in [0.05, 0.1) is 0 Å². The predicted molar refractivity (Wildman–Crippen MR) is 73.1 cm³/mol. The van der Waals surface area contributed by atoms with Crippen molar-refractivity contribution in [2.24, 2.45) is 11.7 Å². The average molecular weight is 239 g/mol. The van der Waals surface area contributed by atoms with Gasteiger partial charge >= 0.3 is 0 Å². The van der Waals surface area contributed by atoms with Crippen LogP contribution in [0.4, 0.5) is 0 Å². The van der Waals surface area contributed by atoms with Crippen LogP contribution in [0.15, 0.2) is 0 Å². The fourth-order valence-electron chi connectivity index (χ4n) is 3.81. The summed E-state index contributed by atoms with van der Waals surface area (Å²) in [5.74, 6) is 0.859. The van der Waals surface area contributed by atoms with Crippen molar-refractivity contribution in [3.63, 3.8) is 0 Å². The largest absolute Gasteiger partial charge is 0.329 e. The molecule has 0 heterocycles. The van der Waals surface area contributed by atoms with E-state index in [-0.39, 0.29) is 0 Å². The molecule has 0 aliphatic heterocycles. The first kappa shape index (κ1) is 13.3. The first-order chi connectivity index (χ1) is 7.94. The third kappa shape index (κ3) is 2.13. The van der Waals surface area contributed by atoms with Crippen molar-refractivity contribution in [2.75, 3.05) is 34.2 Å². The highest BCUT2D eigenvalue weighted by atomic mass is 15.3. The van der Waals surface area contributed by atoms with Crippen LogP contribution in [0.5, 0.6) is 0 Å². The maximum atomic E-state index is 6.03. The van der Waals surface area contributed by atoms with Gasteiger partial charge in [0, 0.05) is 24.2 Å². The van der Waals surface area contributed by atoms with Crippen LogP contribution in [0.1, 0.15) is 39.0 Å². The quantitative estimate of drug-likeness (QED) is 0.790. The average Bonchev–Trinajstić information content (AvgIpc) is 2.17. The fraction of sp³-hybridized carbons (Fsp3) is 1.00. The summed E-state index contributed by atoms with van der Waals surface area (Å²) in [6.07, 6.45) is 6.64. The predicted octanol–water partition coefficient (Wildman–Crippen LogP) is 1.53. The second-order valence-corrected chi connectivity index (χ2v) is 6.77. The van der Waals surface area contributed by atoms with E-state index in [0.29, 0.717) is 11.1 Å². The van der Waals surface area contributed by atoms with Crippen molar-refractivity contribution in [1.82, 2.24) is 9.80 Å². The Hall–Kier alpha value is -0.120. The molecule has 3 nitrogen and oxygen atoms in total. The molecule has 2 N–H and O–H groups in total. The Balaban J connectivity index is 1.98. The molecule has 0 saturated heterocycles. The zero-order valence-electron chi connectivity index (χ0n) is 12.0. The first-order valence-electron chi connectivity index (χ1n) is 7.03. The smallest absolute Gasteiger partial charge is 0.0334 e. The highest BCUT2D eigenvalue weighted by Gasteiger charge is 2.48. The maximum absolute atomic E-state index is 6.03. The van der Waals surface area contributed by atoms with E-state index >= 15 is 0 Å². The minimum atomic E-state index is 0.304. The number of nitrogens with zero attached hydrogens (tertiary/aromatic N) is 2. The van der Waals surface area contributed by atoms with Gasteiger partial charge in [-0.15, -0.1) is 0 Å². The molecule has 2 aliphatic rings. The molecule has 0 atom stereocenters. The standard InChI is InChI=1S/C14H29N3/c1-12-8-14(9-12,10-15)17(4)11-13(16(2)3)6-5-7-13/h12H,5-11,15H2,1-4H3. The van der Waals surface area contributed by atoms with E-state index in [9.17, 15) is 0 Å². The van der Waals surface area contributed by atoms with Crippen molar-refractivity contribution in [3.8, 4) is 0 Å². The van der Waals surface area contributed by atoms with Crippen LogP contribution < -0.4 is 5.73 Å². The molecule has 3 heteroatoms. The topological polar surface area (TPSA) is 32.5 Å². The third-order valence-corrected chi connectivity index (χ3v) is 5.41. The SMILES string of the molecule is CC1CC(CN)(N(C)CC2(N(C)C)CCC2)C1. The van der Waals surface area contributed by atoms with Crippen molar-refractivity contribution < 1.29 is 0 Å². The van der Waals surface area contributed by atoms with Gasteiger partial charge in [0.15, 0.2) is 0 Å². The Morgan fingerprint density at radius 2 is 1.71 bits per heavy atom. The molecule has 2 aliphatic carbocycles. The summed E-state index contributed by atoms with van der Waals surface area (Å²) in [7, 11) is 6.74. The summed E-state index contributed by atoms with van der Waals surface area (Å²) in [6.45, 7) is 4.34. The highest BCUT2D eigenvalue weighted by molar-refractivity contribution is 5.06. The molecule has 0 spiro atoms. The summed E-state index contributed by atoms with van der Waals surface area (Å²) in [4.78, 5) is 4.99. The zero-order chi connectivity index (χ0) is 12.7. The van der Waals surface area contributed by atoms with Crippen molar-refractivity contribution >= 4 is 0 Å². The lowest BCUT2D eigenvalue weighted by atomic mass is 9.66. The molecule has 0 aromatic heterocycles. The minimum absolute atomic E-state index is 0.304. The van der Waals surface area contributed by atoms with Crippen LogP contribution in [-0.4, -0.2) is 55.1 Å². The summed E-state index contributed by atoms with van der Waals surface area (Å²) in [6, 6.07) is 0. The van der Waals surface area contributed by atoms with Gasteiger partial charge in [-0.2, -0.15) is 0 Å². The Labute approximate surface area is 106 Å². The van der Waals surface area contributed by atoms with Crippen LogP contribution >= 0.6 is 0 Å². The molecule has 0 unspecified atom stereocenters. The molecule has 17 heavy (non-hydrogen) atoms. The lowest BCUT2D eigenvalue weighted by Crippen LogP contribution is -2.66. The lowest BCUT2D eigenvalue weighted by Gasteiger charge is -2.57. The van der Waals surface area contributed by atoms with Gasteiger partial charge in [-0.25, -0.2) is 0 Å². The van der Waals surface area contributed by atoms with E-state index in [2.05, 4.69) is 37.9 Å². The summed E-state index contributed by atoms with van der Waals surface area (Å²) in [5, 5.41) is 0. The zero-order valence-corrected chi connectivity index (χ0v) is 12.0. The van der Waals surface area contributed by atoms with E-state index < -0.39 is 0 Å². The minimum Gasteiger partial charge on any atom is -0.329 e. The van der Waals surface area contributed by atoms with Gasteiger partial charge in [-0.05, 0) is 59.2 Å². The fourth-order valence-corrected chi connectivity index (χ4v) is 3.81. The van der Waals surface area contributed by atoms with Gasteiger partial charge in [0.2, 0.25) is 0 Å². The molecule has 0 aromatic carbocycles. The van der Waals surface area contributed by atoms with E-state index in [1.165, 1.54) is 38.6 Å². The molecule has 0 aromatic rings. The molecule has 100 valence electrons. The molecular weight excluding hydrogens is 210 g/mol. The van der Waals surface area contributed by atoms with E-state index in [1.807, 2.05) is 0 Å². The van der Waals surface area contributed by atoms with Gasteiger partial charge < -0.3 is 10.6 Å². The molecule has 2 fully saturated rings. The van der Waals surface area contributed by atoms with E-state index in [1.54, 1.807) is 0 Å².